The summed E-state index contributed by atoms with van der Waals surface area (Å²) in [5, 5.41) is 8.86. The summed E-state index contributed by atoms with van der Waals surface area (Å²) < 4.78 is 51.5. The number of aromatic nitrogens is 1. The van der Waals surface area contributed by atoms with Crippen molar-refractivity contribution in [3.63, 3.8) is 0 Å². The number of nitrogens with one attached hydrogen (secondary N) is 2. The second kappa shape index (κ2) is 10.6. The quantitative estimate of drug-likeness (QED) is 0.334. The molecule has 164 valence electrons. The maximum atomic E-state index is 14.8. The summed E-state index contributed by atoms with van der Waals surface area (Å²) in [5.74, 6) is -1.80. The molecule has 0 atom stereocenters. The second-order valence-electron chi connectivity index (χ2n) is 6.48. The lowest BCUT2D eigenvalue weighted by Crippen LogP contribution is -2.53. The third-order valence-corrected chi connectivity index (χ3v) is 4.39. The van der Waals surface area contributed by atoms with E-state index in [2.05, 4.69) is 4.98 Å². The molecule has 2 rings (SSSR count). The first-order valence-corrected chi connectivity index (χ1v) is 9.15. The Morgan fingerprint density at radius 1 is 1.50 bits per heavy atom. The average molecular weight is 427 g/mol. The summed E-state index contributed by atoms with van der Waals surface area (Å²) in [5.41, 5.74) is 5.42. The largest absolute Gasteiger partial charge is 0.444 e. The minimum Gasteiger partial charge on any atom is -0.444 e. The van der Waals surface area contributed by atoms with Gasteiger partial charge in [-0.3, -0.25) is 10.7 Å². The van der Waals surface area contributed by atoms with E-state index >= 15 is 0 Å². The Hall–Kier alpha value is -3.08. The van der Waals surface area contributed by atoms with Crippen molar-refractivity contribution >= 4 is 23.4 Å². The minimum absolute atomic E-state index is 0.00400. The molecule has 1 saturated heterocycles. The molecule has 0 spiro atoms. The number of alkyl carbamates (subject to hydrolysis) is 1. The topological polar surface area (TPSA) is 114 Å². The van der Waals surface area contributed by atoms with Crippen molar-refractivity contribution in [2.24, 2.45) is 5.73 Å². The maximum absolute atomic E-state index is 14.8. The number of anilines is 1. The number of hydrogen-bond acceptors (Lipinski definition) is 6. The normalized spacial score (nSPS) is 15.4. The van der Waals surface area contributed by atoms with Crippen molar-refractivity contribution in [3.8, 4) is 0 Å². The van der Waals surface area contributed by atoms with E-state index in [-0.39, 0.29) is 35.2 Å². The molecule has 0 aromatic carbocycles. The minimum atomic E-state index is -0.993. The molecule has 1 fully saturated rings. The van der Waals surface area contributed by atoms with Gasteiger partial charge in [0.05, 0.1) is 12.7 Å². The molecule has 0 bridgehead atoms. The Kier molecular flexibility index (Phi) is 8.22. The molecule has 30 heavy (non-hydrogen) atoms. The van der Waals surface area contributed by atoms with Crippen molar-refractivity contribution < 1.29 is 27.4 Å². The Morgan fingerprint density at radius 2 is 2.20 bits per heavy atom. The van der Waals surface area contributed by atoms with Crippen LogP contribution >= 0.6 is 0 Å². The molecule has 1 amide bonds. The summed E-state index contributed by atoms with van der Waals surface area (Å²) >= 11 is 0. The van der Waals surface area contributed by atoms with Crippen molar-refractivity contribution in [1.82, 2.24) is 10.3 Å². The lowest BCUT2D eigenvalue weighted by molar-refractivity contribution is 0.0262. The highest BCUT2D eigenvalue weighted by Gasteiger charge is 2.30. The fourth-order valence-corrected chi connectivity index (χ4v) is 2.73. The number of alkyl halides is 1. The second-order valence-corrected chi connectivity index (χ2v) is 6.48. The van der Waals surface area contributed by atoms with Crippen LogP contribution in [0.5, 0.6) is 0 Å². The van der Waals surface area contributed by atoms with Gasteiger partial charge in [0.25, 0.3) is 0 Å². The summed E-state index contributed by atoms with van der Waals surface area (Å²) in [6.45, 7) is 2.83. The van der Waals surface area contributed by atoms with Crippen LogP contribution in [0.4, 0.5) is 23.8 Å². The molecular formula is C19H24F3N5O3. The third kappa shape index (κ3) is 5.96. The van der Waals surface area contributed by atoms with Crippen LogP contribution in [0.3, 0.4) is 0 Å². The molecule has 1 aliphatic rings. The van der Waals surface area contributed by atoms with Crippen molar-refractivity contribution in [3.05, 3.63) is 41.1 Å². The number of rotatable bonds is 8. The molecule has 2 heterocycles. The molecule has 11 heteroatoms. The molecule has 8 nitrogen and oxygen atoms in total. The van der Waals surface area contributed by atoms with E-state index in [4.69, 9.17) is 20.6 Å². The lowest BCUT2D eigenvalue weighted by Gasteiger charge is -2.39. The first-order chi connectivity index (χ1) is 14.3. The van der Waals surface area contributed by atoms with Gasteiger partial charge in [-0.05, 0) is 25.5 Å². The molecule has 1 aromatic heterocycles. The number of halogens is 3. The van der Waals surface area contributed by atoms with Gasteiger partial charge in [-0.1, -0.05) is 6.08 Å². The van der Waals surface area contributed by atoms with Crippen molar-refractivity contribution in [2.45, 2.75) is 20.0 Å². The van der Waals surface area contributed by atoms with E-state index in [1.165, 1.54) is 25.3 Å². The summed E-state index contributed by atoms with van der Waals surface area (Å²) in [4.78, 5) is 17.1. The number of nitrogens with zero attached hydrogens (tertiary/aromatic N) is 2. The number of carbonyl (C=O) groups excluding carboxylic acids is 1. The van der Waals surface area contributed by atoms with Gasteiger partial charge >= 0.3 is 6.09 Å². The molecule has 1 aromatic rings. The molecule has 4 N–H and O–H groups in total. The standard InChI is InChI=1S/C19H24F3N5O3/c1-3-12(10-30-19(28)26-18(23)24)16(22)11(2)13-6-15(21)17(25-7-13)27-8-14(9-27)29-5-4-20/h3,6-7,14H,4-5,8-10H2,1-2H3,(H4,23,24,26,28)/b12-3-,16-11-. The van der Waals surface area contributed by atoms with Crippen LogP contribution in [-0.4, -0.2) is 56.1 Å². The van der Waals surface area contributed by atoms with E-state index in [0.29, 0.717) is 13.1 Å². The summed E-state index contributed by atoms with van der Waals surface area (Å²) in [6, 6.07) is 1.17. The Balaban J connectivity index is 2.06. The third-order valence-electron chi connectivity index (χ3n) is 4.39. The lowest BCUT2D eigenvalue weighted by atomic mass is 10.0. The van der Waals surface area contributed by atoms with Crippen LogP contribution in [0.15, 0.2) is 29.7 Å². The van der Waals surface area contributed by atoms with Gasteiger partial charge in [0.15, 0.2) is 17.6 Å². The van der Waals surface area contributed by atoms with Crippen molar-refractivity contribution in [1.29, 1.82) is 5.41 Å². The van der Waals surface area contributed by atoms with Crippen LogP contribution in [0, 0.1) is 11.2 Å². The van der Waals surface area contributed by atoms with Gasteiger partial charge in [-0.25, -0.2) is 22.9 Å². The van der Waals surface area contributed by atoms with E-state index < -0.39 is 37.0 Å². The van der Waals surface area contributed by atoms with Crippen LogP contribution in [0.25, 0.3) is 5.57 Å². The smallest absolute Gasteiger partial charge is 0.414 e. The monoisotopic (exact) mass is 427 g/mol. The molecule has 0 unspecified atom stereocenters. The highest BCUT2D eigenvalue weighted by Crippen LogP contribution is 2.29. The fourth-order valence-electron chi connectivity index (χ4n) is 2.73. The van der Waals surface area contributed by atoms with E-state index in [0.717, 1.165) is 0 Å². The number of guanidine groups is 1. The number of carbonyl (C=O) groups is 1. The van der Waals surface area contributed by atoms with Crippen molar-refractivity contribution in [2.75, 3.05) is 37.9 Å². The van der Waals surface area contributed by atoms with Crippen LogP contribution < -0.4 is 16.0 Å². The van der Waals surface area contributed by atoms with Gasteiger partial charge in [0.2, 0.25) is 0 Å². The SMILES string of the molecule is C/C=C(COC(=O)NC(=N)N)\C(F)=C(/C)c1cnc(N2CC(OCCF)C2)c(F)c1. The van der Waals surface area contributed by atoms with Gasteiger partial charge < -0.3 is 20.1 Å². The van der Waals surface area contributed by atoms with Gasteiger partial charge in [0, 0.05) is 30.4 Å². The zero-order valence-corrected chi connectivity index (χ0v) is 16.7. The number of nitrogens with two attached hydrogens (primary N) is 1. The fraction of sp³-hybridized carbons (Fsp3) is 0.421. The Morgan fingerprint density at radius 3 is 2.77 bits per heavy atom. The highest BCUT2D eigenvalue weighted by molar-refractivity contribution is 5.91. The Labute approximate surface area is 172 Å². The average Bonchev–Trinajstić information content (AvgIpc) is 2.66. The predicted octanol–water partition coefficient (Wildman–Crippen LogP) is 2.66. The van der Waals surface area contributed by atoms with E-state index in [1.807, 2.05) is 5.32 Å². The summed E-state index contributed by atoms with van der Waals surface area (Å²) in [6.07, 6.45) is 1.60. The molecule has 0 saturated carbocycles. The number of hydrogen-bond donors (Lipinski definition) is 3. The highest BCUT2D eigenvalue weighted by atomic mass is 19.1. The number of ether oxygens (including phenoxy) is 2. The molecule has 1 aliphatic heterocycles. The molecule has 0 radical (unpaired) electrons. The number of allylic oxidation sites excluding steroid dienone is 2. The zero-order chi connectivity index (χ0) is 22.3. The number of pyridine rings is 1. The van der Waals surface area contributed by atoms with Gasteiger partial charge in [-0.15, -0.1) is 0 Å². The predicted molar refractivity (Wildman–Crippen MR) is 106 cm³/mol. The van der Waals surface area contributed by atoms with Gasteiger partial charge in [0.1, 0.15) is 19.1 Å². The maximum Gasteiger partial charge on any atom is 0.414 e. The van der Waals surface area contributed by atoms with Crippen LogP contribution in [0.2, 0.25) is 0 Å². The van der Waals surface area contributed by atoms with Crippen LogP contribution in [0.1, 0.15) is 19.4 Å². The van der Waals surface area contributed by atoms with Crippen LogP contribution in [-0.2, 0) is 9.47 Å². The molecule has 0 aliphatic carbocycles. The first-order valence-electron chi connectivity index (χ1n) is 9.15. The molecular weight excluding hydrogens is 403 g/mol. The first kappa shape index (κ1) is 23.2. The van der Waals surface area contributed by atoms with E-state index in [1.54, 1.807) is 11.8 Å². The summed E-state index contributed by atoms with van der Waals surface area (Å²) in [7, 11) is 0. The Bertz CT molecular complexity index is 854. The van der Waals surface area contributed by atoms with E-state index in [9.17, 15) is 18.0 Å². The number of amides is 1. The zero-order valence-electron chi connectivity index (χ0n) is 16.7. The van der Waals surface area contributed by atoms with Gasteiger partial charge in [-0.2, -0.15) is 0 Å².